The van der Waals surface area contributed by atoms with Crippen LogP contribution in [0.5, 0.6) is 5.75 Å². The third-order valence-electron chi connectivity index (χ3n) is 3.52. The number of rotatable bonds is 5. The van der Waals surface area contributed by atoms with Crippen LogP contribution in [0.15, 0.2) is 24.3 Å². The maximum atomic E-state index is 12.6. The molecule has 0 aromatic heterocycles. The van der Waals surface area contributed by atoms with Crippen LogP contribution in [-0.2, 0) is 0 Å². The third-order valence-corrected chi connectivity index (χ3v) is 3.52. The van der Waals surface area contributed by atoms with Crippen LogP contribution >= 0.6 is 12.4 Å². The summed E-state index contributed by atoms with van der Waals surface area (Å²) >= 11 is 0. The van der Waals surface area contributed by atoms with E-state index in [1.807, 2.05) is 29.2 Å². The lowest BCUT2D eigenvalue weighted by molar-refractivity contribution is 0.0692. The second-order valence-electron chi connectivity index (χ2n) is 4.88. The number of carbonyl (C=O) groups is 1. The Bertz CT molecular complexity index is 434. The number of halogens is 1. The van der Waals surface area contributed by atoms with Crippen molar-refractivity contribution in [1.29, 1.82) is 0 Å². The van der Waals surface area contributed by atoms with Crippen LogP contribution in [0, 0.1) is 0 Å². The highest BCUT2D eigenvalue weighted by Gasteiger charge is 2.26. The summed E-state index contributed by atoms with van der Waals surface area (Å²) in [6, 6.07) is 7.71. The van der Waals surface area contributed by atoms with Crippen molar-refractivity contribution in [2.75, 3.05) is 26.7 Å². The maximum Gasteiger partial charge on any atom is 0.254 e. The van der Waals surface area contributed by atoms with Crippen LogP contribution in [-0.4, -0.2) is 43.6 Å². The second kappa shape index (κ2) is 8.12. The summed E-state index contributed by atoms with van der Waals surface area (Å²) in [5.74, 6) is 0.835. The van der Waals surface area contributed by atoms with Gasteiger partial charge in [-0.15, -0.1) is 12.4 Å². The van der Waals surface area contributed by atoms with Gasteiger partial charge in [-0.05, 0) is 37.6 Å². The first-order valence-electron chi connectivity index (χ1n) is 6.92. The lowest BCUT2D eigenvalue weighted by Gasteiger charge is -2.28. The molecule has 1 aromatic carbocycles. The molecule has 1 aliphatic heterocycles. The summed E-state index contributed by atoms with van der Waals surface area (Å²) in [5, 5.41) is 3.32. The van der Waals surface area contributed by atoms with Crippen molar-refractivity contribution in [3.63, 3.8) is 0 Å². The first-order valence-corrected chi connectivity index (χ1v) is 6.92. The summed E-state index contributed by atoms with van der Waals surface area (Å²) in [6.45, 7) is 4.81. The van der Waals surface area contributed by atoms with E-state index < -0.39 is 0 Å². The number of nitrogens with zero attached hydrogens (tertiary/aromatic N) is 1. The van der Waals surface area contributed by atoms with Gasteiger partial charge >= 0.3 is 0 Å². The summed E-state index contributed by atoms with van der Waals surface area (Å²) in [7, 11) is 1.62. The lowest BCUT2D eigenvalue weighted by Crippen LogP contribution is -2.42. The molecule has 20 heavy (non-hydrogen) atoms. The van der Waals surface area contributed by atoms with E-state index in [2.05, 4.69) is 12.2 Å². The Morgan fingerprint density at radius 2 is 2.30 bits per heavy atom. The Hall–Kier alpha value is -1.26. The molecular weight excluding hydrogens is 276 g/mol. The van der Waals surface area contributed by atoms with Crippen LogP contribution in [0.1, 0.15) is 30.1 Å². The predicted octanol–water partition coefficient (Wildman–Crippen LogP) is 2.33. The van der Waals surface area contributed by atoms with Crippen molar-refractivity contribution < 1.29 is 9.53 Å². The van der Waals surface area contributed by atoms with Crippen molar-refractivity contribution in [3.8, 4) is 5.75 Å². The fourth-order valence-electron chi connectivity index (χ4n) is 2.52. The van der Waals surface area contributed by atoms with Gasteiger partial charge in [0.1, 0.15) is 5.75 Å². The van der Waals surface area contributed by atoms with Crippen LogP contribution in [0.25, 0.3) is 0 Å². The number of methoxy groups -OCH3 is 1. The quantitative estimate of drug-likeness (QED) is 0.907. The zero-order valence-corrected chi connectivity index (χ0v) is 12.9. The molecule has 0 saturated carbocycles. The highest BCUT2D eigenvalue weighted by atomic mass is 35.5. The van der Waals surface area contributed by atoms with Gasteiger partial charge in [-0.2, -0.15) is 0 Å². The van der Waals surface area contributed by atoms with E-state index in [-0.39, 0.29) is 18.3 Å². The molecule has 1 saturated heterocycles. The van der Waals surface area contributed by atoms with Crippen molar-refractivity contribution >= 4 is 18.3 Å². The molecule has 0 aliphatic carbocycles. The van der Waals surface area contributed by atoms with Crippen molar-refractivity contribution in [1.82, 2.24) is 10.2 Å². The van der Waals surface area contributed by atoms with Gasteiger partial charge in [0.25, 0.3) is 5.91 Å². The Morgan fingerprint density at radius 1 is 1.50 bits per heavy atom. The molecule has 1 aliphatic rings. The molecule has 0 bridgehead atoms. The normalized spacial score (nSPS) is 17.4. The molecule has 1 aromatic rings. The standard InChI is InChI=1S/C15H22N2O2.ClH/c1-3-9-17(13-7-8-16-11-13)15(18)12-5-4-6-14(10-12)19-2;/h4-6,10,13,16H,3,7-9,11H2,1-2H3;1H. The van der Waals surface area contributed by atoms with Crippen LogP contribution < -0.4 is 10.1 Å². The van der Waals surface area contributed by atoms with Gasteiger partial charge in [0.15, 0.2) is 0 Å². The van der Waals surface area contributed by atoms with Gasteiger partial charge in [0.05, 0.1) is 7.11 Å². The molecule has 1 unspecified atom stereocenters. The second-order valence-corrected chi connectivity index (χ2v) is 4.88. The minimum atomic E-state index is 0. The van der Waals surface area contributed by atoms with Gasteiger partial charge in [-0.1, -0.05) is 13.0 Å². The minimum absolute atomic E-state index is 0. The smallest absolute Gasteiger partial charge is 0.254 e. The molecule has 1 atom stereocenters. The van der Waals surface area contributed by atoms with Gasteiger partial charge in [-0.25, -0.2) is 0 Å². The number of ether oxygens (including phenoxy) is 1. The van der Waals surface area contributed by atoms with E-state index >= 15 is 0 Å². The average molecular weight is 299 g/mol. The van der Waals surface area contributed by atoms with Gasteiger partial charge in [0.2, 0.25) is 0 Å². The van der Waals surface area contributed by atoms with Crippen molar-refractivity contribution in [3.05, 3.63) is 29.8 Å². The van der Waals surface area contributed by atoms with E-state index in [4.69, 9.17) is 4.74 Å². The molecule has 1 amide bonds. The maximum absolute atomic E-state index is 12.6. The summed E-state index contributed by atoms with van der Waals surface area (Å²) in [5.41, 5.74) is 0.708. The highest BCUT2D eigenvalue weighted by Crippen LogP contribution is 2.18. The molecular formula is C15H23ClN2O2. The minimum Gasteiger partial charge on any atom is -0.497 e. The van der Waals surface area contributed by atoms with Crippen LogP contribution in [0.2, 0.25) is 0 Å². The number of hydrogen-bond donors (Lipinski definition) is 1. The molecule has 2 rings (SSSR count). The van der Waals surface area contributed by atoms with E-state index in [0.717, 1.165) is 38.2 Å². The number of carbonyl (C=O) groups excluding carboxylic acids is 1. The fourth-order valence-corrected chi connectivity index (χ4v) is 2.52. The Labute approximate surface area is 126 Å². The predicted molar refractivity (Wildman–Crippen MR) is 82.8 cm³/mol. The molecule has 1 heterocycles. The van der Waals surface area contributed by atoms with Crippen LogP contribution in [0.4, 0.5) is 0 Å². The molecule has 112 valence electrons. The molecule has 0 spiro atoms. The molecule has 0 radical (unpaired) electrons. The lowest BCUT2D eigenvalue weighted by atomic mass is 10.1. The summed E-state index contributed by atoms with van der Waals surface area (Å²) in [4.78, 5) is 14.6. The zero-order chi connectivity index (χ0) is 13.7. The van der Waals surface area contributed by atoms with Crippen LogP contribution in [0.3, 0.4) is 0 Å². The van der Waals surface area contributed by atoms with E-state index in [9.17, 15) is 4.79 Å². The number of hydrogen-bond acceptors (Lipinski definition) is 3. The molecule has 1 N–H and O–H groups in total. The summed E-state index contributed by atoms with van der Waals surface area (Å²) in [6.07, 6.45) is 2.02. The zero-order valence-electron chi connectivity index (χ0n) is 12.1. The Morgan fingerprint density at radius 3 is 2.90 bits per heavy atom. The van der Waals surface area contributed by atoms with Gasteiger partial charge < -0.3 is 15.0 Å². The van der Waals surface area contributed by atoms with E-state index in [0.29, 0.717) is 11.6 Å². The summed E-state index contributed by atoms with van der Waals surface area (Å²) < 4.78 is 5.19. The topological polar surface area (TPSA) is 41.6 Å². The first-order chi connectivity index (χ1) is 9.26. The molecule has 5 heteroatoms. The monoisotopic (exact) mass is 298 g/mol. The third kappa shape index (κ3) is 3.87. The van der Waals surface area contributed by atoms with Crippen molar-refractivity contribution in [2.45, 2.75) is 25.8 Å². The van der Waals surface area contributed by atoms with E-state index in [1.54, 1.807) is 7.11 Å². The fraction of sp³-hybridized carbons (Fsp3) is 0.533. The van der Waals surface area contributed by atoms with E-state index in [1.165, 1.54) is 0 Å². The average Bonchev–Trinajstić information content (AvgIpc) is 2.98. The largest absolute Gasteiger partial charge is 0.497 e. The van der Waals surface area contributed by atoms with Gasteiger partial charge in [0, 0.05) is 24.7 Å². The Balaban J connectivity index is 0.00000200. The number of nitrogens with one attached hydrogen (secondary N) is 1. The highest BCUT2D eigenvalue weighted by molar-refractivity contribution is 5.94. The number of amides is 1. The molecule has 4 nitrogen and oxygen atoms in total. The SMILES string of the molecule is CCCN(C(=O)c1cccc(OC)c1)C1CCNC1.Cl. The Kier molecular flexibility index (Phi) is 6.82. The number of benzene rings is 1. The molecule has 1 fully saturated rings. The van der Waals surface area contributed by atoms with Crippen molar-refractivity contribution in [2.24, 2.45) is 0 Å². The van der Waals surface area contributed by atoms with Gasteiger partial charge in [-0.3, -0.25) is 4.79 Å². The first kappa shape index (κ1) is 16.8.